The van der Waals surface area contributed by atoms with Crippen LogP contribution in [0.25, 0.3) is 10.9 Å². The van der Waals surface area contributed by atoms with E-state index in [0.29, 0.717) is 12.3 Å². The molecule has 1 aromatic heterocycles. The second kappa shape index (κ2) is 6.95. The Kier molecular flexibility index (Phi) is 5.50. The van der Waals surface area contributed by atoms with Gasteiger partial charge in [0.1, 0.15) is 5.69 Å². The first-order valence-corrected chi connectivity index (χ1v) is 10.6. The molecular formula is C13H15IN2O2S2. The Morgan fingerprint density at radius 2 is 2.20 bits per heavy atom. The molecule has 2 rings (SSSR count). The van der Waals surface area contributed by atoms with Gasteiger partial charge in [0.05, 0.1) is 12.1 Å². The second-order valence-electron chi connectivity index (χ2n) is 4.15. The van der Waals surface area contributed by atoms with E-state index in [1.807, 2.05) is 23.2 Å². The van der Waals surface area contributed by atoms with Crippen molar-refractivity contribution in [1.29, 1.82) is 0 Å². The van der Waals surface area contributed by atoms with Gasteiger partial charge < -0.3 is 9.46 Å². The maximum absolute atomic E-state index is 12.0. The predicted octanol–water partition coefficient (Wildman–Crippen LogP) is 4.66. The van der Waals surface area contributed by atoms with E-state index in [1.165, 1.54) is 9.12 Å². The van der Waals surface area contributed by atoms with Gasteiger partial charge in [-0.2, -0.15) is 0 Å². The van der Waals surface area contributed by atoms with Crippen molar-refractivity contribution in [3.05, 3.63) is 29.5 Å². The third-order valence-corrected chi connectivity index (χ3v) is 5.01. The van der Waals surface area contributed by atoms with Crippen LogP contribution in [0.1, 0.15) is 23.0 Å². The molecule has 4 nitrogen and oxygen atoms in total. The lowest BCUT2D eigenvalue weighted by atomic mass is 10.1. The largest absolute Gasteiger partial charge is 0.461 e. The van der Waals surface area contributed by atoms with Crippen molar-refractivity contribution in [2.24, 2.45) is 0 Å². The van der Waals surface area contributed by atoms with Crippen LogP contribution in [0, 0.1) is 6.92 Å². The Labute approximate surface area is 138 Å². The van der Waals surface area contributed by atoms with E-state index in [-0.39, 0.29) is 5.97 Å². The zero-order chi connectivity index (χ0) is 14.7. The van der Waals surface area contributed by atoms with Gasteiger partial charge in [-0.3, -0.25) is 3.97 Å². The fourth-order valence-corrected chi connectivity index (χ4v) is 4.13. The zero-order valence-corrected chi connectivity index (χ0v) is 15.2. The highest BCUT2D eigenvalue weighted by Gasteiger charge is 2.17. The SMILES string of the molecule is CCOC(=O)c1cc2cc(C)c(NSC)cc2n1SI. The first kappa shape index (κ1) is 15.8. The van der Waals surface area contributed by atoms with Gasteiger partial charge in [0, 0.05) is 47.7 Å². The van der Waals surface area contributed by atoms with Crippen LogP contribution in [0.15, 0.2) is 18.2 Å². The number of aryl methyl sites for hydroxylation is 1. The molecule has 0 spiro atoms. The van der Waals surface area contributed by atoms with Gasteiger partial charge in [-0.15, -0.1) is 0 Å². The van der Waals surface area contributed by atoms with Crippen molar-refractivity contribution in [2.75, 3.05) is 17.6 Å². The van der Waals surface area contributed by atoms with Crippen molar-refractivity contribution in [2.45, 2.75) is 13.8 Å². The summed E-state index contributed by atoms with van der Waals surface area (Å²) in [6.45, 7) is 4.24. The Morgan fingerprint density at radius 3 is 2.80 bits per heavy atom. The van der Waals surface area contributed by atoms with Crippen LogP contribution in [-0.4, -0.2) is 22.8 Å². The molecule has 0 saturated carbocycles. The van der Waals surface area contributed by atoms with Gasteiger partial charge in [0.15, 0.2) is 0 Å². The number of carbonyl (C=O) groups excluding carboxylic acids is 1. The normalized spacial score (nSPS) is 10.8. The van der Waals surface area contributed by atoms with Crippen molar-refractivity contribution in [1.82, 2.24) is 3.97 Å². The number of fused-ring (bicyclic) bond motifs is 1. The lowest BCUT2D eigenvalue weighted by Gasteiger charge is -2.08. The average Bonchev–Trinajstić information content (AvgIpc) is 2.77. The third kappa shape index (κ3) is 3.04. The summed E-state index contributed by atoms with van der Waals surface area (Å²) in [5, 5.41) is 1.04. The molecule has 0 amide bonds. The lowest BCUT2D eigenvalue weighted by Crippen LogP contribution is -2.08. The molecule has 0 atom stereocenters. The summed E-state index contributed by atoms with van der Waals surface area (Å²) < 4.78 is 10.3. The summed E-state index contributed by atoms with van der Waals surface area (Å²) in [7, 11) is 1.47. The quantitative estimate of drug-likeness (QED) is 0.431. The van der Waals surface area contributed by atoms with Crippen molar-refractivity contribution < 1.29 is 9.53 Å². The average molecular weight is 422 g/mol. The van der Waals surface area contributed by atoms with Gasteiger partial charge in [-0.1, -0.05) is 11.9 Å². The number of carbonyl (C=O) groups is 1. The highest BCUT2D eigenvalue weighted by Crippen LogP contribution is 2.33. The number of hydrogen-bond acceptors (Lipinski definition) is 5. The summed E-state index contributed by atoms with van der Waals surface area (Å²) in [4.78, 5) is 12.0. The summed E-state index contributed by atoms with van der Waals surface area (Å²) in [6.07, 6.45) is 1.99. The van der Waals surface area contributed by atoms with Gasteiger partial charge in [0.25, 0.3) is 0 Å². The van der Waals surface area contributed by atoms with E-state index in [1.54, 1.807) is 11.9 Å². The number of halogens is 1. The first-order chi connectivity index (χ1) is 9.62. The Balaban J connectivity index is 2.59. The minimum atomic E-state index is -0.287. The molecule has 0 bridgehead atoms. The summed E-state index contributed by atoms with van der Waals surface area (Å²) in [5.41, 5.74) is 3.79. The molecule has 7 heteroatoms. The minimum absolute atomic E-state index is 0.287. The molecule has 0 aliphatic heterocycles. The molecule has 2 aromatic rings. The van der Waals surface area contributed by atoms with Crippen LogP contribution < -0.4 is 4.72 Å². The standard InChI is InChI=1S/C13H15IN2O2S2/c1-4-18-13(17)12-6-9-5-8(2)10(15-19-3)7-11(9)16(12)20-14/h5-7,15H,4H2,1-3H3. The monoisotopic (exact) mass is 422 g/mol. The number of benzene rings is 1. The Morgan fingerprint density at radius 1 is 1.45 bits per heavy atom. The number of aromatic nitrogens is 1. The summed E-state index contributed by atoms with van der Waals surface area (Å²) in [5.74, 6) is -0.287. The maximum Gasteiger partial charge on any atom is 0.355 e. The topological polar surface area (TPSA) is 43.3 Å². The van der Waals surface area contributed by atoms with E-state index in [2.05, 4.69) is 45.0 Å². The molecule has 0 aliphatic rings. The molecule has 1 aromatic carbocycles. The highest BCUT2D eigenvalue weighted by atomic mass is 127. The third-order valence-electron chi connectivity index (χ3n) is 2.87. The number of hydrogen-bond donors (Lipinski definition) is 1. The smallest absolute Gasteiger partial charge is 0.355 e. The first-order valence-electron chi connectivity index (χ1n) is 6.03. The van der Waals surface area contributed by atoms with Crippen LogP contribution in [0.2, 0.25) is 0 Å². The number of ether oxygens (including phenoxy) is 1. The highest BCUT2D eigenvalue weighted by molar-refractivity contribution is 14.2. The number of rotatable bonds is 5. The summed E-state index contributed by atoms with van der Waals surface area (Å²) in [6, 6.07) is 6.03. The van der Waals surface area contributed by atoms with E-state index in [4.69, 9.17) is 4.74 Å². The van der Waals surface area contributed by atoms with Crippen LogP contribution >= 0.6 is 42.3 Å². The molecule has 0 aliphatic carbocycles. The molecule has 108 valence electrons. The molecule has 1 heterocycles. The predicted molar refractivity (Wildman–Crippen MR) is 96.8 cm³/mol. The fraction of sp³-hybridized carbons (Fsp3) is 0.308. The number of esters is 1. The van der Waals surface area contributed by atoms with Crippen LogP contribution in [0.3, 0.4) is 0 Å². The molecule has 0 radical (unpaired) electrons. The minimum Gasteiger partial charge on any atom is -0.461 e. The molecule has 0 unspecified atom stereocenters. The molecule has 20 heavy (non-hydrogen) atoms. The van der Waals surface area contributed by atoms with Gasteiger partial charge in [0.2, 0.25) is 0 Å². The van der Waals surface area contributed by atoms with E-state index < -0.39 is 0 Å². The van der Waals surface area contributed by atoms with Crippen molar-refractivity contribution >= 4 is 64.8 Å². The maximum atomic E-state index is 12.0. The van der Waals surface area contributed by atoms with Gasteiger partial charge in [-0.25, -0.2) is 4.79 Å². The number of nitrogens with one attached hydrogen (secondary N) is 1. The summed E-state index contributed by atoms with van der Waals surface area (Å²) >= 11 is 3.73. The second-order valence-corrected chi connectivity index (χ2v) is 6.44. The van der Waals surface area contributed by atoms with Crippen LogP contribution in [0.4, 0.5) is 5.69 Å². The molecule has 0 fully saturated rings. The Bertz CT molecular complexity index is 643. The van der Waals surface area contributed by atoms with E-state index in [9.17, 15) is 4.79 Å². The van der Waals surface area contributed by atoms with E-state index in [0.717, 1.165) is 22.2 Å². The van der Waals surface area contributed by atoms with Crippen LogP contribution in [-0.2, 0) is 4.74 Å². The number of nitrogens with zero attached hydrogens (tertiary/aromatic N) is 1. The molecule has 1 N–H and O–H groups in total. The fourth-order valence-electron chi connectivity index (χ4n) is 1.99. The Hall–Kier alpha value is -0.540. The van der Waals surface area contributed by atoms with E-state index >= 15 is 0 Å². The number of anilines is 1. The van der Waals surface area contributed by atoms with Gasteiger partial charge >= 0.3 is 5.97 Å². The lowest BCUT2D eigenvalue weighted by molar-refractivity contribution is 0.0519. The van der Waals surface area contributed by atoms with Crippen LogP contribution in [0.5, 0.6) is 0 Å². The van der Waals surface area contributed by atoms with Crippen molar-refractivity contribution in [3.63, 3.8) is 0 Å². The molecular weight excluding hydrogens is 407 g/mol. The zero-order valence-electron chi connectivity index (χ0n) is 11.4. The molecule has 0 saturated heterocycles. The van der Waals surface area contributed by atoms with Crippen molar-refractivity contribution in [3.8, 4) is 0 Å². The van der Waals surface area contributed by atoms with Gasteiger partial charge in [-0.05, 0) is 37.6 Å².